The number of aliphatic carboxylic acids is 1. The van der Waals surface area contributed by atoms with E-state index in [1.807, 2.05) is 19.2 Å². The molecule has 0 aliphatic rings. The molecule has 1 rings (SSSR count). The van der Waals surface area contributed by atoms with Gasteiger partial charge < -0.3 is 15.1 Å². The molecule has 0 saturated carbocycles. The number of phenols is 1. The molecule has 0 bridgehead atoms. The van der Waals surface area contributed by atoms with Gasteiger partial charge in [-0.2, -0.15) is 0 Å². The molecular weight excluding hydrogens is 218 g/mol. The third-order valence-corrected chi connectivity index (χ3v) is 2.67. The van der Waals surface area contributed by atoms with Crippen molar-refractivity contribution in [3.63, 3.8) is 0 Å². The topological polar surface area (TPSA) is 60.8 Å². The second-order valence-electron chi connectivity index (χ2n) is 4.14. The van der Waals surface area contributed by atoms with Crippen molar-refractivity contribution in [2.75, 3.05) is 18.5 Å². The molecule has 0 amide bonds. The lowest BCUT2D eigenvalue weighted by Gasteiger charge is -2.19. The van der Waals surface area contributed by atoms with Crippen molar-refractivity contribution in [1.29, 1.82) is 0 Å². The quantitative estimate of drug-likeness (QED) is 0.715. The van der Waals surface area contributed by atoms with Gasteiger partial charge in [-0.05, 0) is 37.1 Å². The number of rotatable bonds is 7. The van der Waals surface area contributed by atoms with Crippen molar-refractivity contribution < 1.29 is 15.0 Å². The first-order chi connectivity index (χ1) is 8.09. The number of carboxylic acids is 1. The van der Waals surface area contributed by atoms with E-state index in [2.05, 4.69) is 4.90 Å². The molecule has 0 saturated heterocycles. The van der Waals surface area contributed by atoms with E-state index in [9.17, 15) is 4.79 Å². The molecule has 17 heavy (non-hydrogen) atoms. The van der Waals surface area contributed by atoms with E-state index >= 15 is 0 Å². The standard InChI is InChI=1S/C13H19NO3/c1-14(10-4-2-3-5-13(16)17)11-6-8-12(15)9-7-11/h6-9,15H,2-5,10H2,1H3,(H,16,17). The SMILES string of the molecule is CN(CCCCCC(=O)O)c1ccc(O)cc1. The van der Waals surface area contributed by atoms with Crippen LogP contribution in [0.5, 0.6) is 5.75 Å². The Hall–Kier alpha value is -1.71. The highest BCUT2D eigenvalue weighted by atomic mass is 16.4. The van der Waals surface area contributed by atoms with Crippen LogP contribution in [0.2, 0.25) is 0 Å². The van der Waals surface area contributed by atoms with Gasteiger partial charge in [0.15, 0.2) is 0 Å². The first-order valence-corrected chi connectivity index (χ1v) is 5.81. The van der Waals surface area contributed by atoms with Gasteiger partial charge >= 0.3 is 5.97 Å². The number of nitrogens with zero attached hydrogens (tertiary/aromatic N) is 1. The highest BCUT2D eigenvalue weighted by Gasteiger charge is 2.01. The van der Waals surface area contributed by atoms with Crippen LogP contribution in [-0.2, 0) is 4.79 Å². The first-order valence-electron chi connectivity index (χ1n) is 5.81. The van der Waals surface area contributed by atoms with Gasteiger partial charge in [-0.3, -0.25) is 4.79 Å². The van der Waals surface area contributed by atoms with Crippen LogP contribution in [0, 0.1) is 0 Å². The normalized spacial score (nSPS) is 10.2. The highest BCUT2D eigenvalue weighted by Crippen LogP contribution is 2.17. The van der Waals surface area contributed by atoms with Crippen molar-refractivity contribution in [2.45, 2.75) is 25.7 Å². The Balaban J connectivity index is 2.23. The molecule has 4 heteroatoms. The van der Waals surface area contributed by atoms with Gasteiger partial charge in [-0.1, -0.05) is 6.42 Å². The van der Waals surface area contributed by atoms with Gasteiger partial charge in [-0.25, -0.2) is 0 Å². The number of aromatic hydroxyl groups is 1. The summed E-state index contributed by atoms with van der Waals surface area (Å²) >= 11 is 0. The van der Waals surface area contributed by atoms with Gasteiger partial charge in [0.1, 0.15) is 5.75 Å². The van der Waals surface area contributed by atoms with Crippen molar-refractivity contribution in [3.05, 3.63) is 24.3 Å². The monoisotopic (exact) mass is 237 g/mol. The Morgan fingerprint density at radius 1 is 1.18 bits per heavy atom. The summed E-state index contributed by atoms with van der Waals surface area (Å²) < 4.78 is 0. The van der Waals surface area contributed by atoms with Crippen molar-refractivity contribution in [1.82, 2.24) is 0 Å². The van der Waals surface area contributed by atoms with Crippen LogP contribution < -0.4 is 4.90 Å². The van der Waals surface area contributed by atoms with Crippen LogP contribution in [0.1, 0.15) is 25.7 Å². The van der Waals surface area contributed by atoms with Gasteiger partial charge in [0.05, 0.1) is 0 Å². The largest absolute Gasteiger partial charge is 0.508 e. The molecule has 1 aromatic carbocycles. The predicted molar refractivity (Wildman–Crippen MR) is 67.5 cm³/mol. The molecule has 0 aromatic heterocycles. The molecule has 0 atom stereocenters. The van der Waals surface area contributed by atoms with Gasteiger partial charge in [-0.15, -0.1) is 0 Å². The summed E-state index contributed by atoms with van der Waals surface area (Å²) in [6, 6.07) is 7.06. The van der Waals surface area contributed by atoms with Crippen LogP contribution >= 0.6 is 0 Å². The molecule has 0 aliphatic carbocycles. The van der Waals surface area contributed by atoms with E-state index in [1.165, 1.54) is 0 Å². The first kappa shape index (κ1) is 13.4. The van der Waals surface area contributed by atoms with E-state index in [0.29, 0.717) is 0 Å². The van der Waals surface area contributed by atoms with Crippen LogP contribution in [0.25, 0.3) is 0 Å². The Morgan fingerprint density at radius 3 is 2.41 bits per heavy atom. The summed E-state index contributed by atoms with van der Waals surface area (Å²) in [5.41, 5.74) is 1.06. The van der Waals surface area contributed by atoms with Crippen LogP contribution in [0.3, 0.4) is 0 Å². The molecule has 2 N–H and O–H groups in total. The molecule has 0 heterocycles. The average Bonchev–Trinajstić information content (AvgIpc) is 2.29. The summed E-state index contributed by atoms with van der Waals surface area (Å²) in [7, 11) is 1.99. The number of phenolic OH excluding ortho intramolecular Hbond substituents is 1. The molecule has 0 unspecified atom stereocenters. The zero-order chi connectivity index (χ0) is 12.7. The van der Waals surface area contributed by atoms with E-state index < -0.39 is 5.97 Å². The molecular formula is C13H19NO3. The molecule has 94 valence electrons. The average molecular weight is 237 g/mol. The number of benzene rings is 1. The Labute approximate surface area is 101 Å². The van der Waals surface area contributed by atoms with Crippen molar-refractivity contribution in [3.8, 4) is 5.75 Å². The summed E-state index contributed by atoms with van der Waals surface area (Å²) in [5, 5.41) is 17.7. The minimum Gasteiger partial charge on any atom is -0.508 e. The fourth-order valence-corrected chi connectivity index (χ4v) is 1.64. The lowest BCUT2D eigenvalue weighted by atomic mass is 10.2. The Morgan fingerprint density at radius 2 is 1.82 bits per heavy atom. The maximum absolute atomic E-state index is 10.3. The predicted octanol–water partition coefficient (Wildman–Crippen LogP) is 2.47. The zero-order valence-corrected chi connectivity index (χ0v) is 10.1. The number of hydrogen-bond donors (Lipinski definition) is 2. The summed E-state index contributed by atoms with van der Waals surface area (Å²) in [6.45, 7) is 0.893. The van der Waals surface area contributed by atoms with Gasteiger partial charge in [0.2, 0.25) is 0 Å². The van der Waals surface area contributed by atoms with Gasteiger partial charge in [0.25, 0.3) is 0 Å². The fourth-order valence-electron chi connectivity index (χ4n) is 1.64. The van der Waals surface area contributed by atoms with Crippen LogP contribution in [0.15, 0.2) is 24.3 Å². The highest BCUT2D eigenvalue weighted by molar-refractivity contribution is 5.66. The number of carboxylic acid groups (broad SMARTS) is 1. The second-order valence-corrected chi connectivity index (χ2v) is 4.14. The summed E-state index contributed by atoms with van der Waals surface area (Å²) in [4.78, 5) is 12.4. The molecule has 0 aliphatic heterocycles. The summed E-state index contributed by atoms with van der Waals surface area (Å²) in [6.07, 6.45) is 2.89. The Kier molecular flexibility index (Phi) is 5.33. The molecule has 1 aromatic rings. The minimum atomic E-state index is -0.725. The lowest BCUT2D eigenvalue weighted by Crippen LogP contribution is -2.18. The maximum atomic E-state index is 10.3. The fraction of sp³-hybridized carbons (Fsp3) is 0.462. The third-order valence-electron chi connectivity index (χ3n) is 2.67. The van der Waals surface area contributed by atoms with E-state index in [4.69, 9.17) is 10.2 Å². The van der Waals surface area contributed by atoms with Crippen molar-refractivity contribution in [2.24, 2.45) is 0 Å². The molecule has 0 spiro atoms. The number of hydrogen-bond acceptors (Lipinski definition) is 3. The van der Waals surface area contributed by atoms with Crippen LogP contribution in [-0.4, -0.2) is 29.8 Å². The number of anilines is 1. The lowest BCUT2D eigenvalue weighted by molar-refractivity contribution is -0.137. The smallest absolute Gasteiger partial charge is 0.303 e. The minimum absolute atomic E-state index is 0.253. The second kappa shape index (κ2) is 6.78. The zero-order valence-electron chi connectivity index (χ0n) is 10.1. The molecule has 0 radical (unpaired) electrons. The van der Waals surface area contributed by atoms with Crippen LogP contribution in [0.4, 0.5) is 5.69 Å². The molecule has 0 fully saturated rings. The van der Waals surface area contributed by atoms with Crippen molar-refractivity contribution >= 4 is 11.7 Å². The third kappa shape index (κ3) is 5.24. The number of carbonyl (C=O) groups is 1. The maximum Gasteiger partial charge on any atom is 0.303 e. The van der Waals surface area contributed by atoms with Gasteiger partial charge in [0, 0.05) is 25.7 Å². The summed E-state index contributed by atoms with van der Waals surface area (Å²) in [5.74, 6) is -0.458. The Bertz CT molecular complexity index is 348. The molecule has 4 nitrogen and oxygen atoms in total. The number of unbranched alkanes of at least 4 members (excludes halogenated alkanes) is 2. The van der Waals surface area contributed by atoms with E-state index in [0.717, 1.165) is 31.5 Å². The van der Waals surface area contributed by atoms with E-state index in [-0.39, 0.29) is 12.2 Å². The van der Waals surface area contributed by atoms with E-state index in [1.54, 1.807) is 12.1 Å².